The van der Waals surface area contributed by atoms with Crippen LogP contribution in [0, 0.1) is 0 Å². The molecular weight excluding hydrogens is 430 g/mol. The van der Waals surface area contributed by atoms with Crippen molar-refractivity contribution in [1.82, 2.24) is 9.47 Å². The van der Waals surface area contributed by atoms with Crippen molar-refractivity contribution in [3.63, 3.8) is 0 Å². The Morgan fingerprint density at radius 3 is 2.52 bits per heavy atom. The number of halogens is 1. The first-order valence-corrected chi connectivity index (χ1v) is 10.8. The van der Waals surface area contributed by atoms with Crippen molar-refractivity contribution < 1.29 is 4.79 Å². The molecule has 5 nitrogen and oxygen atoms in total. The van der Waals surface area contributed by atoms with Gasteiger partial charge in [0.25, 0.3) is 5.91 Å². The second kappa shape index (κ2) is 7.02. The Balaban J connectivity index is 1.46. The molecule has 1 saturated heterocycles. The molecule has 2 aliphatic heterocycles. The number of hydrogen-bond acceptors (Lipinski definition) is 3. The molecule has 0 spiro atoms. The van der Waals surface area contributed by atoms with Crippen molar-refractivity contribution in [3.8, 4) is 0 Å². The van der Waals surface area contributed by atoms with Crippen LogP contribution in [0.2, 0.25) is 0 Å². The highest BCUT2D eigenvalue weighted by atomic mass is 79.9. The smallest absolute Gasteiger partial charge is 0.259 e. The number of hydrogen-bond donors (Lipinski definition) is 0. The number of aromatic nitrogens is 1. The van der Waals surface area contributed by atoms with Crippen molar-refractivity contribution in [1.29, 1.82) is 0 Å². The standard InChI is InChI=1S/C23H22BrN3O2/c1-15-11-16-12-17(24)13-19-21(16)27(15)14-20(22(19)28)23(29)26-9-7-25(8-10-26)18-5-3-2-4-6-18/h2-6,12-15H,7-11H2,1H3/t15-/m1/s1. The normalized spacial score (nSPS) is 18.5. The lowest BCUT2D eigenvalue weighted by molar-refractivity contribution is 0.0745. The van der Waals surface area contributed by atoms with Crippen LogP contribution in [0.4, 0.5) is 5.69 Å². The summed E-state index contributed by atoms with van der Waals surface area (Å²) in [4.78, 5) is 30.6. The molecule has 3 heterocycles. The molecule has 2 aliphatic rings. The van der Waals surface area contributed by atoms with E-state index < -0.39 is 0 Å². The topological polar surface area (TPSA) is 45.6 Å². The minimum atomic E-state index is -0.164. The first-order valence-electron chi connectivity index (χ1n) is 9.99. The van der Waals surface area contributed by atoms with E-state index in [-0.39, 0.29) is 22.9 Å². The number of rotatable bonds is 2. The monoisotopic (exact) mass is 451 g/mol. The van der Waals surface area contributed by atoms with Crippen molar-refractivity contribution in [3.05, 3.63) is 74.5 Å². The molecule has 3 aromatic rings. The number of pyridine rings is 1. The Hall–Kier alpha value is -2.60. The van der Waals surface area contributed by atoms with Crippen LogP contribution >= 0.6 is 15.9 Å². The summed E-state index contributed by atoms with van der Waals surface area (Å²) in [5.41, 5.74) is 3.42. The highest BCUT2D eigenvalue weighted by Crippen LogP contribution is 2.33. The van der Waals surface area contributed by atoms with Gasteiger partial charge >= 0.3 is 0 Å². The summed E-state index contributed by atoms with van der Waals surface area (Å²) in [5.74, 6) is -0.158. The first-order chi connectivity index (χ1) is 14.0. The Morgan fingerprint density at radius 1 is 1.07 bits per heavy atom. The quantitative estimate of drug-likeness (QED) is 0.594. The van der Waals surface area contributed by atoms with E-state index in [1.807, 2.05) is 29.2 Å². The number of piperazine rings is 1. The highest BCUT2D eigenvalue weighted by molar-refractivity contribution is 9.10. The summed E-state index contributed by atoms with van der Waals surface area (Å²) < 4.78 is 2.99. The fourth-order valence-electron chi connectivity index (χ4n) is 4.59. The first kappa shape index (κ1) is 18.4. The SMILES string of the molecule is C[C@@H]1Cc2cc(Br)cc3c(=O)c(C(=O)N4CCN(c5ccccc5)CC4)cn1c23. The van der Waals surface area contributed by atoms with E-state index >= 15 is 0 Å². The Labute approximate surface area is 177 Å². The van der Waals surface area contributed by atoms with E-state index in [0.717, 1.165) is 35.1 Å². The number of carbonyl (C=O) groups is 1. The van der Waals surface area contributed by atoms with Gasteiger partial charge in [0.2, 0.25) is 5.43 Å². The maximum Gasteiger partial charge on any atom is 0.259 e. The van der Waals surface area contributed by atoms with Gasteiger partial charge < -0.3 is 14.4 Å². The Kier molecular flexibility index (Phi) is 4.46. The maximum atomic E-state index is 13.3. The minimum Gasteiger partial charge on any atom is -0.368 e. The van der Waals surface area contributed by atoms with Gasteiger partial charge in [-0.05, 0) is 43.2 Å². The summed E-state index contributed by atoms with van der Waals surface area (Å²) in [7, 11) is 0. The van der Waals surface area contributed by atoms with Gasteiger partial charge in [-0.3, -0.25) is 9.59 Å². The van der Waals surface area contributed by atoms with Crippen molar-refractivity contribution in [2.24, 2.45) is 0 Å². The molecule has 0 aliphatic carbocycles. The van der Waals surface area contributed by atoms with Crippen molar-refractivity contribution in [2.45, 2.75) is 19.4 Å². The summed E-state index contributed by atoms with van der Waals surface area (Å²) in [6, 6.07) is 14.4. The molecule has 0 unspecified atom stereocenters. The molecule has 0 radical (unpaired) electrons. The summed E-state index contributed by atoms with van der Waals surface area (Å²) in [5, 5.41) is 0.632. The molecule has 5 rings (SSSR count). The average molecular weight is 452 g/mol. The zero-order valence-electron chi connectivity index (χ0n) is 16.3. The predicted molar refractivity (Wildman–Crippen MR) is 119 cm³/mol. The molecule has 148 valence electrons. The van der Waals surface area contributed by atoms with Crippen LogP contribution in [0.15, 0.2) is 57.9 Å². The zero-order chi connectivity index (χ0) is 20.1. The van der Waals surface area contributed by atoms with Crippen molar-refractivity contribution in [2.75, 3.05) is 31.1 Å². The van der Waals surface area contributed by atoms with E-state index in [2.05, 4.69) is 50.5 Å². The Morgan fingerprint density at radius 2 is 1.79 bits per heavy atom. The van der Waals surface area contributed by atoms with Crippen LogP contribution in [-0.2, 0) is 6.42 Å². The van der Waals surface area contributed by atoms with Crippen LogP contribution in [-0.4, -0.2) is 41.6 Å². The van der Waals surface area contributed by atoms with Gasteiger partial charge in [-0.15, -0.1) is 0 Å². The lowest BCUT2D eigenvalue weighted by Crippen LogP contribution is -2.49. The lowest BCUT2D eigenvalue weighted by atomic mass is 10.1. The van der Waals surface area contributed by atoms with Gasteiger partial charge in [-0.25, -0.2) is 0 Å². The highest BCUT2D eigenvalue weighted by Gasteiger charge is 2.28. The summed E-state index contributed by atoms with van der Waals surface area (Å²) >= 11 is 3.52. The van der Waals surface area contributed by atoms with Gasteiger partial charge in [0.15, 0.2) is 0 Å². The summed E-state index contributed by atoms with van der Waals surface area (Å²) in [6.07, 6.45) is 2.66. The second-order valence-electron chi connectivity index (χ2n) is 7.91. The zero-order valence-corrected chi connectivity index (χ0v) is 17.9. The molecule has 2 aromatic carbocycles. The Bertz CT molecular complexity index is 1160. The molecule has 1 amide bonds. The van der Waals surface area contributed by atoms with E-state index in [1.54, 1.807) is 6.20 Å². The predicted octanol–water partition coefficient (Wildman–Crippen LogP) is 3.84. The molecule has 0 N–H and O–H groups in total. The molecular formula is C23H22BrN3O2. The lowest BCUT2D eigenvalue weighted by Gasteiger charge is -2.36. The third-order valence-corrected chi connectivity index (χ3v) is 6.54. The number of amides is 1. The van der Waals surface area contributed by atoms with Gasteiger partial charge in [0.1, 0.15) is 5.56 Å². The molecule has 1 atom stereocenters. The number of nitrogens with zero attached hydrogens (tertiary/aromatic N) is 3. The average Bonchev–Trinajstić information content (AvgIpc) is 3.05. The van der Waals surface area contributed by atoms with Gasteiger partial charge in [0.05, 0.1) is 5.52 Å². The van der Waals surface area contributed by atoms with Crippen LogP contribution in [0.3, 0.4) is 0 Å². The van der Waals surface area contributed by atoms with E-state index in [4.69, 9.17) is 0 Å². The number of benzene rings is 2. The molecule has 0 bridgehead atoms. The number of para-hydroxylation sites is 1. The van der Waals surface area contributed by atoms with Gasteiger partial charge in [-0.2, -0.15) is 0 Å². The van der Waals surface area contributed by atoms with Crippen LogP contribution in [0.5, 0.6) is 0 Å². The fourth-order valence-corrected chi connectivity index (χ4v) is 5.10. The molecule has 1 fully saturated rings. The fraction of sp³-hybridized carbons (Fsp3) is 0.304. The van der Waals surface area contributed by atoms with Crippen LogP contribution in [0.1, 0.15) is 28.9 Å². The maximum absolute atomic E-state index is 13.3. The number of carbonyl (C=O) groups excluding carboxylic acids is 1. The van der Waals surface area contributed by atoms with Crippen LogP contribution in [0.25, 0.3) is 10.9 Å². The third-order valence-electron chi connectivity index (χ3n) is 6.08. The van der Waals surface area contributed by atoms with Crippen LogP contribution < -0.4 is 10.3 Å². The van der Waals surface area contributed by atoms with Gasteiger partial charge in [0, 0.05) is 54.0 Å². The molecule has 29 heavy (non-hydrogen) atoms. The number of anilines is 1. The third kappa shape index (κ3) is 3.06. The second-order valence-corrected chi connectivity index (χ2v) is 8.82. The summed E-state index contributed by atoms with van der Waals surface area (Å²) in [6.45, 7) is 4.90. The minimum absolute atomic E-state index is 0.158. The molecule has 6 heteroatoms. The van der Waals surface area contributed by atoms with E-state index in [9.17, 15) is 9.59 Å². The van der Waals surface area contributed by atoms with Crippen molar-refractivity contribution >= 4 is 38.4 Å². The molecule has 0 saturated carbocycles. The van der Waals surface area contributed by atoms with E-state index in [1.165, 1.54) is 5.69 Å². The molecule has 1 aromatic heterocycles. The largest absolute Gasteiger partial charge is 0.368 e. The van der Waals surface area contributed by atoms with Gasteiger partial charge in [-0.1, -0.05) is 34.1 Å². The van der Waals surface area contributed by atoms with E-state index in [0.29, 0.717) is 18.5 Å².